The Hall–Kier alpha value is -0.640. The second kappa shape index (κ2) is 9.36. The average Bonchev–Trinajstić information content (AvgIpc) is 2.03. The van der Waals surface area contributed by atoms with Crippen LogP contribution in [0, 0.1) is 4.91 Å². The van der Waals surface area contributed by atoms with Gasteiger partial charge in [-0.1, -0.05) is 13.3 Å². The molecule has 0 amide bonds. The molecule has 0 atom stereocenters. The molecule has 0 N–H and O–H groups in total. The topological polar surface area (TPSA) is 47.9 Å². The molecule has 0 unspecified atom stereocenters. The van der Waals surface area contributed by atoms with Crippen LogP contribution in [-0.4, -0.2) is 19.8 Å². The fourth-order valence-electron chi connectivity index (χ4n) is 0.611. The highest BCUT2D eigenvalue weighted by Gasteiger charge is 1.88. The Kier molecular flexibility index (Phi) is 8.82. The van der Waals surface area contributed by atoms with E-state index < -0.39 is 0 Å². The molecule has 0 radical (unpaired) electrons. The number of ether oxygens (including phenoxy) is 1. The van der Waals surface area contributed by atoms with Crippen LogP contribution in [-0.2, 0) is 9.57 Å². The van der Waals surface area contributed by atoms with E-state index in [0.29, 0.717) is 13.2 Å². The second-order valence-electron chi connectivity index (χ2n) is 2.23. The van der Waals surface area contributed by atoms with E-state index in [2.05, 4.69) is 17.1 Å². The summed E-state index contributed by atoms with van der Waals surface area (Å²) in [6, 6.07) is 0. The van der Waals surface area contributed by atoms with Crippen LogP contribution >= 0.6 is 0 Å². The molecule has 66 valence electrons. The minimum Gasteiger partial charge on any atom is -0.381 e. The molecule has 0 saturated heterocycles. The maximum Gasteiger partial charge on any atom is 0.155 e. The zero-order chi connectivity index (χ0) is 8.36. The summed E-state index contributed by atoms with van der Waals surface area (Å²) in [5.74, 6) is 0. The van der Waals surface area contributed by atoms with Gasteiger partial charge in [0.25, 0.3) is 0 Å². The summed E-state index contributed by atoms with van der Waals surface area (Å²) >= 11 is 0. The van der Waals surface area contributed by atoms with Gasteiger partial charge in [-0.05, 0) is 6.42 Å². The van der Waals surface area contributed by atoms with Crippen molar-refractivity contribution in [2.24, 2.45) is 5.34 Å². The highest BCUT2D eigenvalue weighted by molar-refractivity contribution is 4.35. The SMILES string of the molecule is CCCCOCCCON=O. The standard InChI is InChI=1S/C7H15NO3/c1-2-3-5-10-6-4-7-11-8-9/h2-7H2,1H3. The summed E-state index contributed by atoms with van der Waals surface area (Å²) < 4.78 is 5.20. The van der Waals surface area contributed by atoms with Gasteiger partial charge in [0.05, 0.1) is 0 Å². The van der Waals surface area contributed by atoms with Crippen LogP contribution in [0.2, 0.25) is 0 Å². The summed E-state index contributed by atoms with van der Waals surface area (Å²) in [5.41, 5.74) is 0. The molecule has 11 heavy (non-hydrogen) atoms. The Morgan fingerprint density at radius 3 is 2.55 bits per heavy atom. The van der Waals surface area contributed by atoms with Crippen LogP contribution in [0.3, 0.4) is 0 Å². The van der Waals surface area contributed by atoms with Crippen LogP contribution in [0.5, 0.6) is 0 Å². The van der Waals surface area contributed by atoms with Gasteiger partial charge in [0.2, 0.25) is 0 Å². The first-order valence-corrected chi connectivity index (χ1v) is 3.94. The van der Waals surface area contributed by atoms with E-state index in [4.69, 9.17) is 4.74 Å². The first-order chi connectivity index (χ1) is 5.41. The zero-order valence-corrected chi connectivity index (χ0v) is 6.91. The molecule has 0 bridgehead atoms. The minimum absolute atomic E-state index is 0.357. The summed E-state index contributed by atoms with van der Waals surface area (Å²) in [6.45, 7) is 3.92. The lowest BCUT2D eigenvalue weighted by molar-refractivity contribution is 0.0831. The van der Waals surface area contributed by atoms with Gasteiger partial charge < -0.3 is 9.57 Å². The molecule has 0 aromatic rings. The van der Waals surface area contributed by atoms with Gasteiger partial charge in [-0.3, -0.25) is 0 Å². The Labute approximate surface area is 66.8 Å². The molecule has 0 aromatic heterocycles. The highest BCUT2D eigenvalue weighted by Crippen LogP contribution is 1.90. The van der Waals surface area contributed by atoms with E-state index in [-0.39, 0.29) is 0 Å². The van der Waals surface area contributed by atoms with Gasteiger partial charge >= 0.3 is 0 Å². The number of hydrogen-bond donors (Lipinski definition) is 0. The van der Waals surface area contributed by atoms with Crippen molar-refractivity contribution < 1.29 is 9.57 Å². The summed E-state index contributed by atoms with van der Waals surface area (Å²) in [4.78, 5) is 13.7. The van der Waals surface area contributed by atoms with Crippen molar-refractivity contribution in [2.45, 2.75) is 26.2 Å². The summed E-state index contributed by atoms with van der Waals surface area (Å²) in [5, 5.41) is 2.26. The van der Waals surface area contributed by atoms with E-state index >= 15 is 0 Å². The molecule has 0 aromatic carbocycles. The molecule has 4 heteroatoms. The number of nitrogens with zero attached hydrogens (tertiary/aromatic N) is 1. The van der Waals surface area contributed by atoms with Gasteiger partial charge in [-0.15, -0.1) is 4.91 Å². The van der Waals surface area contributed by atoms with E-state index in [1.54, 1.807) is 0 Å². The third kappa shape index (κ3) is 9.36. The maximum atomic E-state index is 9.43. The Morgan fingerprint density at radius 1 is 1.18 bits per heavy atom. The third-order valence-corrected chi connectivity index (χ3v) is 1.22. The molecule has 0 rings (SSSR count). The fourth-order valence-corrected chi connectivity index (χ4v) is 0.611. The fraction of sp³-hybridized carbons (Fsp3) is 1.00. The molecule has 0 saturated carbocycles. The predicted octanol–water partition coefficient (Wildman–Crippen LogP) is 1.89. The van der Waals surface area contributed by atoms with Gasteiger partial charge in [0.15, 0.2) is 5.34 Å². The average molecular weight is 161 g/mol. The zero-order valence-electron chi connectivity index (χ0n) is 6.91. The Bertz CT molecular complexity index is 87.8. The molecule has 0 heterocycles. The van der Waals surface area contributed by atoms with E-state index in [1.165, 1.54) is 0 Å². The maximum absolute atomic E-state index is 9.43. The lowest BCUT2D eigenvalue weighted by Gasteiger charge is -2.00. The van der Waals surface area contributed by atoms with Crippen molar-refractivity contribution in [3.63, 3.8) is 0 Å². The highest BCUT2D eigenvalue weighted by atomic mass is 16.7. The van der Waals surface area contributed by atoms with Crippen molar-refractivity contribution >= 4 is 0 Å². The normalized spacial score (nSPS) is 9.55. The summed E-state index contributed by atoms with van der Waals surface area (Å²) in [7, 11) is 0. The monoisotopic (exact) mass is 161 g/mol. The molecule has 0 fully saturated rings. The van der Waals surface area contributed by atoms with Gasteiger partial charge in [0.1, 0.15) is 6.61 Å². The van der Waals surface area contributed by atoms with Gasteiger partial charge in [-0.25, -0.2) is 0 Å². The Morgan fingerprint density at radius 2 is 1.91 bits per heavy atom. The van der Waals surface area contributed by atoms with Crippen LogP contribution < -0.4 is 0 Å². The molecule has 0 aliphatic carbocycles. The first kappa shape index (κ1) is 10.4. The smallest absolute Gasteiger partial charge is 0.155 e. The Balaban J connectivity index is 2.74. The molecule has 0 spiro atoms. The molecular formula is C7H15NO3. The van der Waals surface area contributed by atoms with Crippen LogP contribution in [0.4, 0.5) is 0 Å². The lowest BCUT2D eigenvalue weighted by Crippen LogP contribution is -1.99. The van der Waals surface area contributed by atoms with Crippen molar-refractivity contribution in [3.8, 4) is 0 Å². The van der Waals surface area contributed by atoms with Crippen LogP contribution in [0.15, 0.2) is 5.34 Å². The first-order valence-electron chi connectivity index (χ1n) is 3.94. The second-order valence-corrected chi connectivity index (χ2v) is 2.23. The van der Waals surface area contributed by atoms with E-state index in [0.717, 1.165) is 25.9 Å². The summed E-state index contributed by atoms with van der Waals surface area (Å²) in [6.07, 6.45) is 2.97. The number of rotatable bonds is 8. The van der Waals surface area contributed by atoms with Crippen LogP contribution in [0.25, 0.3) is 0 Å². The minimum atomic E-state index is 0.357. The van der Waals surface area contributed by atoms with Gasteiger partial charge in [-0.2, -0.15) is 0 Å². The lowest BCUT2D eigenvalue weighted by atomic mass is 10.4. The molecule has 0 aliphatic heterocycles. The van der Waals surface area contributed by atoms with E-state index in [9.17, 15) is 4.91 Å². The van der Waals surface area contributed by atoms with Crippen molar-refractivity contribution in [1.82, 2.24) is 0 Å². The molecule has 4 nitrogen and oxygen atoms in total. The van der Waals surface area contributed by atoms with Gasteiger partial charge in [0, 0.05) is 19.6 Å². The number of hydrogen-bond acceptors (Lipinski definition) is 4. The third-order valence-electron chi connectivity index (χ3n) is 1.22. The predicted molar refractivity (Wildman–Crippen MR) is 42.1 cm³/mol. The molecule has 0 aliphatic rings. The largest absolute Gasteiger partial charge is 0.381 e. The van der Waals surface area contributed by atoms with Crippen molar-refractivity contribution in [1.29, 1.82) is 0 Å². The molecular weight excluding hydrogens is 146 g/mol. The van der Waals surface area contributed by atoms with Crippen LogP contribution in [0.1, 0.15) is 26.2 Å². The quantitative estimate of drug-likeness (QED) is 0.310. The van der Waals surface area contributed by atoms with E-state index in [1.807, 2.05) is 0 Å². The van der Waals surface area contributed by atoms with Crippen molar-refractivity contribution in [3.05, 3.63) is 4.91 Å². The van der Waals surface area contributed by atoms with Crippen molar-refractivity contribution in [2.75, 3.05) is 19.8 Å². The number of unbranched alkanes of at least 4 members (excludes halogenated alkanes) is 1.